The lowest BCUT2D eigenvalue weighted by atomic mass is 9.83. The first-order valence-electron chi connectivity index (χ1n) is 18.0. The molecule has 0 atom stereocenters. The van der Waals surface area contributed by atoms with E-state index in [9.17, 15) is 0 Å². The maximum Gasteiger partial charge on any atom is 0.136 e. The van der Waals surface area contributed by atoms with Crippen LogP contribution < -0.4 is 4.90 Å². The molecule has 0 aliphatic rings. The van der Waals surface area contributed by atoms with E-state index in [0.29, 0.717) is 0 Å². The van der Waals surface area contributed by atoms with Crippen molar-refractivity contribution in [1.29, 1.82) is 0 Å². The summed E-state index contributed by atoms with van der Waals surface area (Å²) in [7, 11) is 0. The fourth-order valence-corrected chi connectivity index (χ4v) is 7.46. The SMILES string of the molecule is CC(C)(C)c1cc(-c2ccccc2)ccc1N(c1ccc(-c2ccccc2)cc1)c1ccc2ccc(-c3ccc4c(c3)oc3ccccc34)cc2c1. The average molecular weight is 670 g/mol. The van der Waals surface area contributed by atoms with Crippen molar-refractivity contribution in [3.63, 3.8) is 0 Å². The zero-order chi connectivity index (χ0) is 35.2. The lowest BCUT2D eigenvalue weighted by molar-refractivity contribution is 0.591. The highest BCUT2D eigenvalue weighted by molar-refractivity contribution is 6.06. The largest absolute Gasteiger partial charge is 0.456 e. The van der Waals surface area contributed by atoms with E-state index in [1.54, 1.807) is 0 Å². The molecule has 0 amide bonds. The highest BCUT2D eigenvalue weighted by atomic mass is 16.3. The van der Waals surface area contributed by atoms with E-state index in [0.717, 1.165) is 44.4 Å². The quantitative estimate of drug-likeness (QED) is 0.175. The number of rotatable bonds is 6. The molecule has 52 heavy (non-hydrogen) atoms. The Morgan fingerprint density at radius 2 is 0.923 bits per heavy atom. The first-order chi connectivity index (χ1) is 25.4. The molecule has 0 aliphatic heterocycles. The van der Waals surface area contributed by atoms with Crippen LogP contribution in [-0.2, 0) is 5.41 Å². The Balaban J connectivity index is 1.19. The third-order valence-corrected chi connectivity index (χ3v) is 10.2. The lowest BCUT2D eigenvalue weighted by Crippen LogP contribution is -2.19. The Hall–Kier alpha value is -6.38. The maximum atomic E-state index is 6.26. The Morgan fingerprint density at radius 3 is 1.67 bits per heavy atom. The van der Waals surface area contributed by atoms with Crippen LogP contribution in [0.4, 0.5) is 17.1 Å². The van der Waals surface area contributed by atoms with E-state index >= 15 is 0 Å². The monoisotopic (exact) mass is 669 g/mol. The van der Waals surface area contributed by atoms with Gasteiger partial charge in [0.1, 0.15) is 11.2 Å². The van der Waals surface area contributed by atoms with Gasteiger partial charge in [-0.1, -0.05) is 142 Å². The zero-order valence-electron chi connectivity index (χ0n) is 29.7. The van der Waals surface area contributed by atoms with Gasteiger partial charge in [-0.25, -0.2) is 0 Å². The average Bonchev–Trinajstić information content (AvgIpc) is 3.56. The van der Waals surface area contributed by atoms with Crippen molar-refractivity contribution in [2.75, 3.05) is 4.90 Å². The Labute approximate surface area is 305 Å². The van der Waals surface area contributed by atoms with Crippen LogP contribution in [0, 0.1) is 0 Å². The van der Waals surface area contributed by atoms with Crippen LogP contribution in [0.3, 0.4) is 0 Å². The second-order valence-electron chi connectivity index (χ2n) is 14.7. The number of fused-ring (bicyclic) bond motifs is 4. The van der Waals surface area contributed by atoms with Gasteiger partial charge in [-0.2, -0.15) is 0 Å². The standard InChI is InChI=1S/C50H39NO/c1-50(2,3)46-32-39(35-14-8-5-9-15-35)24-29-47(46)51(42-25-20-36(21-26-42)34-12-6-4-7-13-34)43-27-22-37-18-19-38(30-41(37)31-43)40-23-28-45-44-16-10-11-17-48(44)52-49(45)33-40/h4-33H,1-3H3. The summed E-state index contributed by atoms with van der Waals surface area (Å²) in [6.07, 6.45) is 0. The minimum atomic E-state index is -0.109. The minimum Gasteiger partial charge on any atom is -0.456 e. The molecule has 0 aliphatic carbocycles. The Kier molecular flexibility index (Phi) is 7.74. The van der Waals surface area contributed by atoms with Crippen LogP contribution >= 0.6 is 0 Å². The molecule has 0 radical (unpaired) electrons. The van der Waals surface area contributed by atoms with Gasteiger partial charge < -0.3 is 9.32 Å². The van der Waals surface area contributed by atoms with E-state index in [1.165, 1.54) is 44.3 Å². The topological polar surface area (TPSA) is 16.4 Å². The smallest absolute Gasteiger partial charge is 0.136 e. The summed E-state index contributed by atoms with van der Waals surface area (Å²) in [4.78, 5) is 2.43. The molecule has 250 valence electrons. The van der Waals surface area contributed by atoms with Crippen LogP contribution in [-0.4, -0.2) is 0 Å². The highest BCUT2D eigenvalue weighted by Crippen LogP contribution is 2.44. The van der Waals surface area contributed by atoms with Gasteiger partial charge in [0.2, 0.25) is 0 Å². The maximum absolute atomic E-state index is 6.26. The van der Waals surface area contributed by atoms with Crippen molar-refractivity contribution in [1.82, 2.24) is 0 Å². The predicted molar refractivity (Wildman–Crippen MR) is 221 cm³/mol. The summed E-state index contributed by atoms with van der Waals surface area (Å²) in [6, 6.07) is 65.6. The van der Waals surface area contributed by atoms with Crippen LogP contribution in [0.1, 0.15) is 26.3 Å². The molecule has 2 nitrogen and oxygen atoms in total. The van der Waals surface area contributed by atoms with Gasteiger partial charge in [0.15, 0.2) is 0 Å². The van der Waals surface area contributed by atoms with Crippen LogP contribution in [0.5, 0.6) is 0 Å². The molecule has 8 aromatic carbocycles. The number of benzene rings is 8. The molecule has 0 spiro atoms. The van der Waals surface area contributed by atoms with Crippen LogP contribution in [0.15, 0.2) is 186 Å². The van der Waals surface area contributed by atoms with Crippen molar-refractivity contribution < 1.29 is 4.42 Å². The third-order valence-electron chi connectivity index (χ3n) is 10.2. The highest BCUT2D eigenvalue weighted by Gasteiger charge is 2.25. The summed E-state index contributed by atoms with van der Waals surface area (Å²) < 4.78 is 6.26. The number of hydrogen-bond donors (Lipinski definition) is 0. The molecule has 0 saturated carbocycles. The molecule has 1 aromatic heterocycles. The molecule has 9 aromatic rings. The van der Waals surface area contributed by atoms with Crippen molar-refractivity contribution in [3.8, 4) is 33.4 Å². The second kappa shape index (κ2) is 12.7. The fraction of sp³-hybridized carbons (Fsp3) is 0.0800. The molecular formula is C50H39NO. The van der Waals surface area contributed by atoms with Gasteiger partial charge in [-0.3, -0.25) is 0 Å². The lowest BCUT2D eigenvalue weighted by Gasteiger charge is -2.33. The molecule has 1 heterocycles. The summed E-state index contributed by atoms with van der Waals surface area (Å²) in [5.74, 6) is 0. The van der Waals surface area contributed by atoms with Crippen LogP contribution in [0.25, 0.3) is 66.1 Å². The summed E-state index contributed by atoms with van der Waals surface area (Å²) in [5.41, 5.74) is 13.6. The number of hydrogen-bond acceptors (Lipinski definition) is 2. The number of anilines is 3. The van der Waals surface area contributed by atoms with E-state index < -0.39 is 0 Å². The van der Waals surface area contributed by atoms with Gasteiger partial charge in [-0.15, -0.1) is 0 Å². The third kappa shape index (κ3) is 5.83. The minimum absolute atomic E-state index is 0.109. The van der Waals surface area contributed by atoms with Gasteiger partial charge in [-0.05, 0) is 116 Å². The second-order valence-corrected chi connectivity index (χ2v) is 14.7. The molecule has 0 N–H and O–H groups in total. The van der Waals surface area contributed by atoms with E-state index in [2.05, 4.69) is 196 Å². The van der Waals surface area contributed by atoms with Crippen molar-refractivity contribution in [2.45, 2.75) is 26.2 Å². The molecule has 0 unspecified atom stereocenters. The normalized spacial score (nSPS) is 11.8. The van der Waals surface area contributed by atoms with Gasteiger partial charge in [0, 0.05) is 27.8 Å². The zero-order valence-corrected chi connectivity index (χ0v) is 29.7. The van der Waals surface area contributed by atoms with Crippen molar-refractivity contribution in [2.24, 2.45) is 0 Å². The summed E-state index contributed by atoms with van der Waals surface area (Å²) in [5, 5.41) is 4.68. The first kappa shape index (κ1) is 31.6. The molecule has 0 saturated heterocycles. The molecule has 9 rings (SSSR count). The van der Waals surface area contributed by atoms with Gasteiger partial charge in [0.25, 0.3) is 0 Å². The Bertz CT molecular complexity index is 2700. The first-order valence-corrected chi connectivity index (χ1v) is 18.0. The van der Waals surface area contributed by atoms with E-state index in [4.69, 9.17) is 4.42 Å². The molecule has 0 bridgehead atoms. The van der Waals surface area contributed by atoms with E-state index in [1.807, 2.05) is 12.1 Å². The summed E-state index contributed by atoms with van der Waals surface area (Å²) >= 11 is 0. The number of furan rings is 1. The summed E-state index contributed by atoms with van der Waals surface area (Å²) in [6.45, 7) is 6.92. The molecule has 2 heteroatoms. The molecule has 0 fully saturated rings. The van der Waals surface area contributed by atoms with Gasteiger partial charge in [0.05, 0.1) is 0 Å². The van der Waals surface area contributed by atoms with Crippen LogP contribution in [0.2, 0.25) is 0 Å². The van der Waals surface area contributed by atoms with Crippen molar-refractivity contribution in [3.05, 3.63) is 188 Å². The molecular weight excluding hydrogens is 631 g/mol. The van der Waals surface area contributed by atoms with Gasteiger partial charge >= 0.3 is 0 Å². The fourth-order valence-electron chi connectivity index (χ4n) is 7.46. The van der Waals surface area contributed by atoms with Crippen molar-refractivity contribution >= 4 is 49.8 Å². The van der Waals surface area contributed by atoms with E-state index in [-0.39, 0.29) is 5.41 Å². The number of para-hydroxylation sites is 1. The Morgan fingerprint density at radius 1 is 0.385 bits per heavy atom. The predicted octanol–water partition coefficient (Wildman–Crippen LogP) is 14.5. The number of nitrogens with zero attached hydrogens (tertiary/aromatic N) is 1.